The average Bonchev–Trinajstić information content (AvgIpc) is 2.65. The Balaban J connectivity index is 2.42. The second-order valence-electron chi connectivity index (χ2n) is 3.65. The van der Waals surface area contributed by atoms with Gasteiger partial charge in [0, 0.05) is 12.3 Å². The van der Waals surface area contributed by atoms with Gasteiger partial charge in [-0.25, -0.2) is 4.68 Å². The van der Waals surface area contributed by atoms with E-state index in [1.165, 1.54) is 11.1 Å². The smallest absolute Gasteiger partial charge is 0.145 e. The standard InChI is InChI=1S/C12H15N3/c1-3-10-4-5-11(8-9(10)2)15-7-6-12(13)14-15/h4-8H,3H2,1-2H3,(H2,13,14). The molecule has 0 saturated heterocycles. The van der Waals surface area contributed by atoms with Crippen LogP contribution in [-0.2, 0) is 6.42 Å². The van der Waals surface area contributed by atoms with Gasteiger partial charge in [0.05, 0.1) is 5.69 Å². The molecule has 0 spiro atoms. The Labute approximate surface area is 89.5 Å². The number of benzene rings is 1. The summed E-state index contributed by atoms with van der Waals surface area (Å²) in [5.74, 6) is 0.548. The van der Waals surface area contributed by atoms with Crippen molar-refractivity contribution in [2.24, 2.45) is 0 Å². The Kier molecular flexibility index (Phi) is 2.46. The fourth-order valence-corrected chi connectivity index (χ4v) is 1.70. The Morgan fingerprint density at radius 1 is 1.33 bits per heavy atom. The van der Waals surface area contributed by atoms with Crippen LogP contribution in [0.15, 0.2) is 30.5 Å². The van der Waals surface area contributed by atoms with Gasteiger partial charge in [0.2, 0.25) is 0 Å². The molecule has 0 fully saturated rings. The van der Waals surface area contributed by atoms with Gasteiger partial charge >= 0.3 is 0 Å². The monoisotopic (exact) mass is 201 g/mol. The molecule has 0 aliphatic heterocycles. The molecule has 3 nitrogen and oxygen atoms in total. The number of nitrogens with zero attached hydrogens (tertiary/aromatic N) is 2. The van der Waals surface area contributed by atoms with Gasteiger partial charge in [-0.15, -0.1) is 0 Å². The lowest BCUT2D eigenvalue weighted by atomic mass is 10.1. The summed E-state index contributed by atoms with van der Waals surface area (Å²) >= 11 is 0. The molecule has 3 heteroatoms. The van der Waals surface area contributed by atoms with Crippen LogP contribution in [0.5, 0.6) is 0 Å². The first-order valence-corrected chi connectivity index (χ1v) is 5.11. The molecular formula is C12H15N3. The second-order valence-corrected chi connectivity index (χ2v) is 3.65. The fraction of sp³-hybridized carbons (Fsp3) is 0.250. The summed E-state index contributed by atoms with van der Waals surface area (Å²) in [5.41, 5.74) is 9.30. The molecule has 1 aromatic heterocycles. The van der Waals surface area contributed by atoms with E-state index in [4.69, 9.17) is 5.73 Å². The number of anilines is 1. The predicted molar refractivity (Wildman–Crippen MR) is 62.1 cm³/mol. The Bertz CT molecular complexity index is 471. The molecule has 0 aliphatic rings. The van der Waals surface area contributed by atoms with Crippen molar-refractivity contribution in [3.05, 3.63) is 41.6 Å². The van der Waals surface area contributed by atoms with E-state index in [-0.39, 0.29) is 0 Å². The summed E-state index contributed by atoms with van der Waals surface area (Å²) < 4.78 is 1.79. The van der Waals surface area contributed by atoms with E-state index in [1.54, 1.807) is 10.7 Å². The zero-order valence-corrected chi connectivity index (χ0v) is 9.07. The fourth-order valence-electron chi connectivity index (χ4n) is 1.70. The summed E-state index contributed by atoms with van der Waals surface area (Å²) in [4.78, 5) is 0. The van der Waals surface area contributed by atoms with Crippen molar-refractivity contribution in [1.29, 1.82) is 0 Å². The van der Waals surface area contributed by atoms with Crippen molar-refractivity contribution in [2.45, 2.75) is 20.3 Å². The molecule has 2 rings (SSSR count). The molecule has 0 unspecified atom stereocenters. The quantitative estimate of drug-likeness (QED) is 0.810. The van der Waals surface area contributed by atoms with Gasteiger partial charge in [-0.2, -0.15) is 5.10 Å². The minimum atomic E-state index is 0.548. The molecule has 0 atom stereocenters. The molecule has 0 saturated carbocycles. The van der Waals surface area contributed by atoms with Crippen LogP contribution < -0.4 is 5.73 Å². The number of rotatable bonds is 2. The Hall–Kier alpha value is -1.77. The van der Waals surface area contributed by atoms with Crippen LogP contribution in [0.4, 0.5) is 5.82 Å². The average molecular weight is 201 g/mol. The van der Waals surface area contributed by atoms with Crippen LogP contribution in [-0.4, -0.2) is 9.78 Å². The second kappa shape index (κ2) is 3.77. The van der Waals surface area contributed by atoms with Crippen molar-refractivity contribution in [3.63, 3.8) is 0 Å². The maximum atomic E-state index is 5.58. The summed E-state index contributed by atoms with van der Waals surface area (Å²) in [6.45, 7) is 4.28. The van der Waals surface area contributed by atoms with Crippen LogP contribution in [0.2, 0.25) is 0 Å². The van der Waals surface area contributed by atoms with E-state index >= 15 is 0 Å². The van der Waals surface area contributed by atoms with Crippen molar-refractivity contribution < 1.29 is 0 Å². The lowest BCUT2D eigenvalue weighted by molar-refractivity contribution is 0.882. The van der Waals surface area contributed by atoms with Gasteiger partial charge in [0.1, 0.15) is 5.82 Å². The first kappa shape index (κ1) is 9.77. The van der Waals surface area contributed by atoms with Crippen LogP contribution in [0.3, 0.4) is 0 Å². The Morgan fingerprint density at radius 2 is 2.13 bits per heavy atom. The molecule has 0 bridgehead atoms. The Morgan fingerprint density at radius 3 is 2.67 bits per heavy atom. The molecule has 1 heterocycles. The van der Waals surface area contributed by atoms with Gasteiger partial charge in [0.25, 0.3) is 0 Å². The minimum absolute atomic E-state index is 0.548. The number of nitrogens with two attached hydrogens (primary N) is 1. The van der Waals surface area contributed by atoms with Gasteiger partial charge in [-0.05, 0) is 36.6 Å². The molecule has 1 aromatic carbocycles. The highest BCUT2D eigenvalue weighted by Crippen LogP contribution is 2.15. The van der Waals surface area contributed by atoms with Gasteiger partial charge in [-0.3, -0.25) is 0 Å². The molecule has 2 N–H and O–H groups in total. The van der Waals surface area contributed by atoms with E-state index in [2.05, 4.69) is 37.1 Å². The van der Waals surface area contributed by atoms with E-state index < -0.39 is 0 Å². The summed E-state index contributed by atoms with van der Waals surface area (Å²) in [6.07, 6.45) is 2.93. The molecule has 15 heavy (non-hydrogen) atoms. The van der Waals surface area contributed by atoms with Crippen molar-refractivity contribution in [1.82, 2.24) is 9.78 Å². The third kappa shape index (κ3) is 1.86. The zero-order valence-electron chi connectivity index (χ0n) is 9.07. The molecule has 2 aromatic rings. The highest BCUT2D eigenvalue weighted by atomic mass is 15.3. The van der Waals surface area contributed by atoms with Crippen LogP contribution >= 0.6 is 0 Å². The highest BCUT2D eigenvalue weighted by molar-refractivity contribution is 5.41. The lowest BCUT2D eigenvalue weighted by Gasteiger charge is -2.06. The molecule has 0 aliphatic carbocycles. The number of hydrogen-bond donors (Lipinski definition) is 1. The van der Waals surface area contributed by atoms with Crippen molar-refractivity contribution in [3.8, 4) is 5.69 Å². The maximum absolute atomic E-state index is 5.58. The van der Waals surface area contributed by atoms with Gasteiger partial charge < -0.3 is 5.73 Å². The van der Waals surface area contributed by atoms with Gasteiger partial charge in [-0.1, -0.05) is 13.0 Å². The third-order valence-electron chi connectivity index (χ3n) is 2.58. The molecule has 0 amide bonds. The van der Waals surface area contributed by atoms with Crippen LogP contribution in [0.25, 0.3) is 5.69 Å². The molecule has 78 valence electrons. The van der Waals surface area contributed by atoms with Crippen molar-refractivity contribution in [2.75, 3.05) is 5.73 Å². The summed E-state index contributed by atoms with van der Waals surface area (Å²) in [5, 5.41) is 4.17. The van der Waals surface area contributed by atoms with E-state index in [0.717, 1.165) is 12.1 Å². The lowest BCUT2D eigenvalue weighted by Crippen LogP contribution is -1.98. The number of aromatic nitrogens is 2. The summed E-state index contributed by atoms with van der Waals surface area (Å²) in [7, 11) is 0. The van der Waals surface area contributed by atoms with Crippen LogP contribution in [0, 0.1) is 6.92 Å². The maximum Gasteiger partial charge on any atom is 0.145 e. The highest BCUT2D eigenvalue weighted by Gasteiger charge is 2.01. The normalized spacial score (nSPS) is 10.5. The topological polar surface area (TPSA) is 43.8 Å². The first-order chi connectivity index (χ1) is 7.20. The van der Waals surface area contributed by atoms with Crippen LogP contribution in [0.1, 0.15) is 18.1 Å². The van der Waals surface area contributed by atoms with E-state index in [1.807, 2.05) is 6.20 Å². The first-order valence-electron chi connectivity index (χ1n) is 5.11. The molecular weight excluding hydrogens is 186 g/mol. The largest absolute Gasteiger partial charge is 0.382 e. The zero-order chi connectivity index (χ0) is 10.8. The number of hydrogen-bond acceptors (Lipinski definition) is 2. The predicted octanol–water partition coefficient (Wildman–Crippen LogP) is 2.33. The van der Waals surface area contributed by atoms with E-state index in [0.29, 0.717) is 5.82 Å². The molecule has 0 radical (unpaired) electrons. The SMILES string of the molecule is CCc1ccc(-n2ccc(N)n2)cc1C. The van der Waals surface area contributed by atoms with Gasteiger partial charge in [0.15, 0.2) is 0 Å². The minimum Gasteiger partial charge on any atom is -0.382 e. The number of aryl methyl sites for hydroxylation is 2. The number of nitrogen functional groups attached to an aromatic ring is 1. The third-order valence-corrected chi connectivity index (χ3v) is 2.58. The summed E-state index contributed by atoms with van der Waals surface area (Å²) in [6, 6.07) is 8.13. The van der Waals surface area contributed by atoms with Crippen molar-refractivity contribution >= 4 is 5.82 Å². The van der Waals surface area contributed by atoms with E-state index in [9.17, 15) is 0 Å².